The Kier molecular flexibility index (Phi) is 6.46. The third-order valence-corrected chi connectivity index (χ3v) is 6.25. The Balaban J connectivity index is 1.72. The van der Waals surface area contributed by atoms with E-state index in [0.717, 1.165) is 29.8 Å². The first-order valence-corrected chi connectivity index (χ1v) is 10.2. The largest absolute Gasteiger partial charge is 0.395 e. The van der Waals surface area contributed by atoms with Crippen molar-refractivity contribution >= 4 is 17.2 Å². The number of hydrogen-bond acceptors (Lipinski definition) is 4. The molecule has 0 bridgehead atoms. The Labute approximate surface area is 159 Å². The molecule has 0 aliphatic carbocycles. The van der Waals surface area contributed by atoms with Crippen molar-refractivity contribution in [2.75, 3.05) is 19.7 Å². The average Bonchev–Trinajstić information content (AvgIpc) is 3.15. The predicted molar refractivity (Wildman–Crippen MR) is 106 cm³/mol. The predicted octanol–water partition coefficient (Wildman–Crippen LogP) is 3.35. The van der Waals surface area contributed by atoms with Gasteiger partial charge < -0.3 is 10.4 Å². The number of aryl methyl sites for hydroxylation is 1. The van der Waals surface area contributed by atoms with Gasteiger partial charge in [0.25, 0.3) is 0 Å². The number of benzene rings is 1. The van der Waals surface area contributed by atoms with Crippen molar-refractivity contribution in [1.82, 2.24) is 10.2 Å². The van der Waals surface area contributed by atoms with Gasteiger partial charge in [0.1, 0.15) is 0 Å². The summed E-state index contributed by atoms with van der Waals surface area (Å²) in [5.74, 6) is 0.434. The van der Waals surface area contributed by atoms with Crippen LogP contribution in [0.15, 0.2) is 41.8 Å². The number of amides is 1. The molecule has 1 amide bonds. The molecule has 3 atom stereocenters. The molecule has 0 radical (unpaired) electrons. The Hall–Kier alpha value is -1.69. The fourth-order valence-corrected chi connectivity index (χ4v) is 4.55. The van der Waals surface area contributed by atoms with E-state index in [0.29, 0.717) is 12.5 Å². The van der Waals surface area contributed by atoms with E-state index in [2.05, 4.69) is 54.4 Å². The van der Waals surface area contributed by atoms with Crippen LogP contribution in [-0.4, -0.2) is 41.7 Å². The molecule has 1 fully saturated rings. The lowest BCUT2D eigenvalue weighted by molar-refractivity contribution is -0.124. The molecule has 140 valence electrons. The minimum atomic E-state index is -0.127. The summed E-state index contributed by atoms with van der Waals surface area (Å²) in [6.07, 6.45) is 2.20. The minimum Gasteiger partial charge on any atom is -0.395 e. The van der Waals surface area contributed by atoms with Crippen molar-refractivity contribution < 1.29 is 9.90 Å². The van der Waals surface area contributed by atoms with Crippen LogP contribution in [0.2, 0.25) is 0 Å². The van der Waals surface area contributed by atoms with Crippen LogP contribution in [0.5, 0.6) is 0 Å². The van der Waals surface area contributed by atoms with Gasteiger partial charge in [-0.3, -0.25) is 9.69 Å². The molecular formula is C21H28N2O2S. The zero-order chi connectivity index (χ0) is 18.5. The van der Waals surface area contributed by atoms with Crippen LogP contribution in [0.3, 0.4) is 0 Å². The first kappa shape index (κ1) is 19.1. The maximum Gasteiger partial charge on any atom is 0.234 e. The summed E-state index contributed by atoms with van der Waals surface area (Å²) in [7, 11) is 0. The van der Waals surface area contributed by atoms with Gasteiger partial charge >= 0.3 is 0 Å². The number of aliphatic hydroxyl groups excluding tert-OH is 1. The Morgan fingerprint density at radius 1 is 1.35 bits per heavy atom. The molecule has 1 aromatic carbocycles. The molecular weight excluding hydrogens is 344 g/mol. The maximum absolute atomic E-state index is 12.8. The number of nitrogens with one attached hydrogen (secondary N) is 1. The molecule has 26 heavy (non-hydrogen) atoms. The van der Waals surface area contributed by atoms with Crippen molar-refractivity contribution in [3.05, 3.63) is 57.8 Å². The smallest absolute Gasteiger partial charge is 0.234 e. The summed E-state index contributed by atoms with van der Waals surface area (Å²) < 4.78 is 0. The zero-order valence-electron chi connectivity index (χ0n) is 15.5. The van der Waals surface area contributed by atoms with Crippen LogP contribution >= 0.6 is 11.3 Å². The zero-order valence-corrected chi connectivity index (χ0v) is 16.3. The molecule has 0 spiro atoms. The SMILES string of the molecule is Cc1ccc([C@H](NC(=O)CN2CCC[C@@H](C)[C@H]2CO)c2cccs2)cc1. The van der Waals surface area contributed by atoms with Crippen LogP contribution in [0.4, 0.5) is 0 Å². The Morgan fingerprint density at radius 2 is 2.12 bits per heavy atom. The normalized spacial score (nSPS) is 22.1. The van der Waals surface area contributed by atoms with Crippen molar-refractivity contribution in [1.29, 1.82) is 0 Å². The molecule has 1 aromatic heterocycles. The lowest BCUT2D eigenvalue weighted by atomic mass is 9.91. The van der Waals surface area contributed by atoms with Gasteiger partial charge in [-0.15, -0.1) is 11.3 Å². The van der Waals surface area contributed by atoms with Gasteiger partial charge in [0.05, 0.1) is 19.2 Å². The number of rotatable bonds is 6. The van der Waals surface area contributed by atoms with E-state index in [1.54, 1.807) is 11.3 Å². The van der Waals surface area contributed by atoms with Gasteiger partial charge in [-0.25, -0.2) is 0 Å². The molecule has 3 rings (SSSR count). The van der Waals surface area contributed by atoms with Crippen LogP contribution in [0.25, 0.3) is 0 Å². The van der Waals surface area contributed by atoms with Gasteiger partial charge in [0.15, 0.2) is 0 Å². The van der Waals surface area contributed by atoms with E-state index < -0.39 is 0 Å². The van der Waals surface area contributed by atoms with E-state index >= 15 is 0 Å². The number of piperidine rings is 1. The number of likely N-dealkylation sites (tertiary alicyclic amines) is 1. The van der Waals surface area contributed by atoms with Crippen LogP contribution in [0.1, 0.15) is 41.8 Å². The van der Waals surface area contributed by atoms with Crippen molar-refractivity contribution in [3.63, 3.8) is 0 Å². The number of carbonyl (C=O) groups is 1. The number of nitrogens with zero attached hydrogens (tertiary/aromatic N) is 1. The molecule has 0 saturated carbocycles. The second-order valence-corrected chi connectivity index (χ2v) is 8.25. The molecule has 2 aromatic rings. The van der Waals surface area contributed by atoms with E-state index in [-0.39, 0.29) is 24.6 Å². The molecule has 2 heterocycles. The molecule has 4 nitrogen and oxygen atoms in total. The first-order valence-electron chi connectivity index (χ1n) is 9.32. The highest BCUT2D eigenvalue weighted by atomic mass is 32.1. The van der Waals surface area contributed by atoms with Crippen LogP contribution in [-0.2, 0) is 4.79 Å². The molecule has 1 aliphatic rings. The summed E-state index contributed by atoms with van der Waals surface area (Å²) in [5.41, 5.74) is 2.30. The third kappa shape index (κ3) is 4.53. The van der Waals surface area contributed by atoms with Gasteiger partial charge in [-0.05, 0) is 49.2 Å². The summed E-state index contributed by atoms with van der Waals surface area (Å²) in [4.78, 5) is 16.1. The van der Waals surface area contributed by atoms with Crippen molar-refractivity contribution in [2.24, 2.45) is 5.92 Å². The van der Waals surface area contributed by atoms with Gasteiger partial charge in [-0.1, -0.05) is 42.8 Å². The van der Waals surface area contributed by atoms with E-state index in [1.165, 1.54) is 5.56 Å². The first-order chi connectivity index (χ1) is 12.6. The summed E-state index contributed by atoms with van der Waals surface area (Å²) >= 11 is 1.66. The van der Waals surface area contributed by atoms with Crippen molar-refractivity contribution in [3.8, 4) is 0 Å². The fraction of sp³-hybridized carbons (Fsp3) is 0.476. The number of aliphatic hydroxyl groups is 1. The maximum atomic E-state index is 12.8. The lowest BCUT2D eigenvalue weighted by Gasteiger charge is -2.38. The van der Waals surface area contributed by atoms with Crippen LogP contribution in [0, 0.1) is 12.8 Å². The highest BCUT2D eigenvalue weighted by Gasteiger charge is 2.29. The summed E-state index contributed by atoms with van der Waals surface area (Å²) in [6, 6.07) is 12.4. The molecule has 5 heteroatoms. The van der Waals surface area contributed by atoms with Gasteiger partial charge in [0.2, 0.25) is 5.91 Å². The Bertz CT molecular complexity index is 699. The topological polar surface area (TPSA) is 52.6 Å². The number of thiophene rings is 1. The third-order valence-electron chi connectivity index (χ3n) is 5.31. The summed E-state index contributed by atoms with van der Waals surface area (Å²) in [6.45, 7) is 5.54. The average molecular weight is 373 g/mol. The number of hydrogen-bond donors (Lipinski definition) is 2. The summed E-state index contributed by atoms with van der Waals surface area (Å²) in [5, 5.41) is 15.0. The van der Waals surface area contributed by atoms with E-state index in [4.69, 9.17) is 0 Å². The lowest BCUT2D eigenvalue weighted by Crippen LogP contribution is -2.50. The molecule has 2 N–H and O–H groups in total. The van der Waals surface area contributed by atoms with Gasteiger partial charge in [-0.2, -0.15) is 0 Å². The van der Waals surface area contributed by atoms with E-state index in [9.17, 15) is 9.90 Å². The second kappa shape index (κ2) is 8.80. The quantitative estimate of drug-likeness (QED) is 0.818. The van der Waals surface area contributed by atoms with E-state index in [1.807, 2.05) is 11.4 Å². The minimum absolute atomic E-state index is 0.0107. The second-order valence-electron chi connectivity index (χ2n) is 7.27. The fourth-order valence-electron chi connectivity index (χ4n) is 3.75. The highest BCUT2D eigenvalue weighted by Crippen LogP contribution is 2.27. The molecule has 0 unspecified atom stereocenters. The molecule has 1 saturated heterocycles. The Morgan fingerprint density at radius 3 is 2.77 bits per heavy atom. The standard InChI is InChI=1S/C21H28N2O2S/c1-15-7-9-17(10-8-15)21(19-6-4-12-26-19)22-20(25)13-23-11-3-5-16(2)18(23)14-24/h4,6-10,12,16,18,21,24H,3,5,11,13-14H2,1-2H3,(H,22,25)/t16-,18-,21+/m1/s1. The monoisotopic (exact) mass is 372 g/mol. The van der Waals surface area contributed by atoms with Crippen molar-refractivity contribution in [2.45, 2.75) is 38.8 Å². The number of carbonyl (C=O) groups excluding carboxylic acids is 1. The van der Waals surface area contributed by atoms with Gasteiger partial charge in [0, 0.05) is 10.9 Å². The highest BCUT2D eigenvalue weighted by molar-refractivity contribution is 7.10. The van der Waals surface area contributed by atoms with Crippen LogP contribution < -0.4 is 5.32 Å². The molecule has 1 aliphatic heterocycles.